The molecule has 24 heavy (non-hydrogen) atoms. The van der Waals surface area contributed by atoms with Gasteiger partial charge in [-0.05, 0) is 60.4 Å². The zero-order valence-corrected chi connectivity index (χ0v) is 13.6. The van der Waals surface area contributed by atoms with E-state index in [1.54, 1.807) is 24.3 Å². The second kappa shape index (κ2) is 6.19. The van der Waals surface area contributed by atoms with Crippen molar-refractivity contribution in [2.75, 3.05) is 18.4 Å². The van der Waals surface area contributed by atoms with Crippen LogP contribution in [-0.4, -0.2) is 29.1 Å². The van der Waals surface area contributed by atoms with Crippen molar-refractivity contribution in [3.63, 3.8) is 0 Å². The van der Waals surface area contributed by atoms with Gasteiger partial charge in [-0.1, -0.05) is 30.3 Å². The van der Waals surface area contributed by atoms with Crippen LogP contribution in [0.3, 0.4) is 0 Å². The van der Waals surface area contributed by atoms with Crippen LogP contribution < -0.4 is 5.32 Å². The van der Waals surface area contributed by atoms with Crippen molar-refractivity contribution in [3.05, 3.63) is 60.2 Å². The molecular weight excluding hydrogens is 300 g/mol. The molecule has 0 spiro atoms. The molecule has 2 aliphatic rings. The number of hydrogen-bond acceptors (Lipinski definition) is 2. The third kappa shape index (κ3) is 2.96. The molecule has 0 bridgehead atoms. The van der Waals surface area contributed by atoms with Gasteiger partial charge in [0.25, 0.3) is 0 Å². The number of nitrogens with zero attached hydrogens (tertiary/aromatic N) is 1. The molecule has 2 fully saturated rings. The summed E-state index contributed by atoms with van der Waals surface area (Å²) in [6.45, 7) is 1.69. The monoisotopic (exact) mass is 322 g/mol. The predicted octanol–water partition coefficient (Wildman–Crippen LogP) is 4.05. The summed E-state index contributed by atoms with van der Waals surface area (Å²) in [6, 6.07) is 17.3. The summed E-state index contributed by atoms with van der Waals surface area (Å²) in [5, 5.41) is 12.2. The van der Waals surface area contributed by atoms with E-state index >= 15 is 0 Å². The van der Waals surface area contributed by atoms with Gasteiger partial charge in [-0.3, -0.25) is 0 Å². The van der Waals surface area contributed by atoms with E-state index in [2.05, 4.69) is 35.6 Å². The first-order valence-corrected chi connectivity index (χ1v) is 8.59. The lowest BCUT2D eigenvalue weighted by atomic mass is 9.96. The second-order valence-electron chi connectivity index (χ2n) is 6.98. The largest absolute Gasteiger partial charge is 0.508 e. The van der Waals surface area contributed by atoms with Crippen molar-refractivity contribution in [1.82, 2.24) is 4.90 Å². The maximum absolute atomic E-state index is 12.4. The van der Waals surface area contributed by atoms with E-state index in [0.29, 0.717) is 17.8 Å². The van der Waals surface area contributed by atoms with Crippen LogP contribution in [-0.2, 0) is 0 Å². The Hall–Kier alpha value is -2.49. The summed E-state index contributed by atoms with van der Waals surface area (Å²) >= 11 is 0. The molecule has 1 heterocycles. The van der Waals surface area contributed by atoms with Gasteiger partial charge in [-0.25, -0.2) is 4.79 Å². The number of carbonyl (C=O) groups is 1. The number of likely N-dealkylation sites (tertiary alicyclic amines) is 1. The van der Waals surface area contributed by atoms with Crippen LogP contribution in [0.2, 0.25) is 0 Å². The number of benzene rings is 2. The van der Waals surface area contributed by atoms with Gasteiger partial charge >= 0.3 is 6.03 Å². The van der Waals surface area contributed by atoms with Crippen molar-refractivity contribution in [1.29, 1.82) is 0 Å². The Kier molecular flexibility index (Phi) is 3.89. The molecular formula is C20H22N2O2. The van der Waals surface area contributed by atoms with Gasteiger partial charge in [-0.2, -0.15) is 0 Å². The van der Waals surface area contributed by atoms with E-state index in [-0.39, 0.29) is 11.8 Å². The molecule has 2 aromatic rings. The van der Waals surface area contributed by atoms with Crippen molar-refractivity contribution < 1.29 is 9.90 Å². The number of carbonyl (C=O) groups excluding carboxylic acids is 1. The van der Waals surface area contributed by atoms with Gasteiger partial charge in [0.2, 0.25) is 0 Å². The van der Waals surface area contributed by atoms with Crippen molar-refractivity contribution >= 4 is 11.7 Å². The number of nitrogens with one attached hydrogen (secondary N) is 1. The molecule has 4 rings (SSSR count). The van der Waals surface area contributed by atoms with Gasteiger partial charge in [0.05, 0.1) is 0 Å². The molecule has 1 saturated heterocycles. The molecule has 3 atom stereocenters. The Morgan fingerprint density at radius 1 is 0.958 bits per heavy atom. The SMILES string of the molecule is O=C(Nc1ccc(O)cc1)N1C[C@H]2C[C@@H](c3ccccc3)C[C@H]2C1. The fourth-order valence-electron chi connectivity index (χ4n) is 4.21. The highest BCUT2D eigenvalue weighted by atomic mass is 16.3. The Labute approximate surface area is 142 Å². The van der Waals surface area contributed by atoms with E-state index in [9.17, 15) is 9.90 Å². The molecule has 1 saturated carbocycles. The predicted molar refractivity (Wildman–Crippen MR) is 94.1 cm³/mol. The third-order valence-electron chi connectivity index (χ3n) is 5.43. The van der Waals surface area contributed by atoms with Crippen LogP contribution in [0.15, 0.2) is 54.6 Å². The molecule has 1 aliphatic carbocycles. The number of anilines is 1. The molecule has 2 aromatic carbocycles. The molecule has 2 N–H and O–H groups in total. The maximum atomic E-state index is 12.4. The van der Waals surface area contributed by atoms with Crippen molar-refractivity contribution in [2.24, 2.45) is 11.8 Å². The fourth-order valence-corrected chi connectivity index (χ4v) is 4.21. The summed E-state index contributed by atoms with van der Waals surface area (Å²) in [5.41, 5.74) is 2.16. The third-order valence-corrected chi connectivity index (χ3v) is 5.43. The summed E-state index contributed by atoms with van der Waals surface area (Å²) in [7, 11) is 0. The Morgan fingerprint density at radius 2 is 1.58 bits per heavy atom. The topological polar surface area (TPSA) is 52.6 Å². The van der Waals surface area contributed by atoms with Crippen LogP contribution in [0, 0.1) is 11.8 Å². The van der Waals surface area contributed by atoms with E-state index < -0.39 is 0 Å². The lowest BCUT2D eigenvalue weighted by Crippen LogP contribution is -2.33. The van der Waals surface area contributed by atoms with Gasteiger partial charge in [0.15, 0.2) is 0 Å². The lowest BCUT2D eigenvalue weighted by molar-refractivity contribution is 0.218. The van der Waals surface area contributed by atoms with Crippen LogP contribution in [0.25, 0.3) is 0 Å². The normalized spacial score (nSPS) is 25.5. The number of rotatable bonds is 2. The number of phenols is 1. The van der Waals surface area contributed by atoms with Gasteiger partial charge in [0.1, 0.15) is 5.75 Å². The average Bonchev–Trinajstić information content (AvgIpc) is 3.17. The second-order valence-corrected chi connectivity index (χ2v) is 6.98. The highest BCUT2D eigenvalue weighted by Gasteiger charge is 2.42. The first-order valence-electron chi connectivity index (χ1n) is 8.59. The minimum atomic E-state index is -0.0358. The summed E-state index contributed by atoms with van der Waals surface area (Å²) < 4.78 is 0. The Morgan fingerprint density at radius 3 is 2.21 bits per heavy atom. The van der Waals surface area contributed by atoms with Gasteiger partial charge in [-0.15, -0.1) is 0 Å². The summed E-state index contributed by atoms with van der Waals surface area (Å²) in [5.74, 6) is 2.07. The van der Waals surface area contributed by atoms with E-state index in [0.717, 1.165) is 18.8 Å². The quantitative estimate of drug-likeness (QED) is 0.820. The number of phenolic OH excluding ortho intramolecular Hbond substituents is 1. The molecule has 0 aromatic heterocycles. The number of fused-ring (bicyclic) bond motifs is 1. The van der Waals surface area contributed by atoms with Crippen LogP contribution >= 0.6 is 0 Å². The van der Waals surface area contributed by atoms with Crippen LogP contribution in [0.4, 0.5) is 10.5 Å². The smallest absolute Gasteiger partial charge is 0.321 e. The number of urea groups is 1. The van der Waals surface area contributed by atoms with Crippen LogP contribution in [0.1, 0.15) is 24.3 Å². The maximum Gasteiger partial charge on any atom is 0.321 e. The highest BCUT2D eigenvalue weighted by molar-refractivity contribution is 5.89. The van der Waals surface area contributed by atoms with E-state index in [1.807, 2.05) is 4.90 Å². The van der Waals surface area contributed by atoms with Crippen molar-refractivity contribution in [2.45, 2.75) is 18.8 Å². The number of amides is 2. The molecule has 2 amide bonds. The molecule has 0 radical (unpaired) electrons. The number of aromatic hydroxyl groups is 1. The first kappa shape index (κ1) is 15.1. The molecule has 4 heteroatoms. The van der Waals surface area contributed by atoms with Gasteiger partial charge in [0, 0.05) is 18.8 Å². The number of hydrogen-bond donors (Lipinski definition) is 2. The molecule has 1 aliphatic heterocycles. The van der Waals surface area contributed by atoms with Crippen LogP contribution in [0.5, 0.6) is 5.75 Å². The Balaban J connectivity index is 1.35. The summed E-state index contributed by atoms with van der Waals surface area (Å²) in [4.78, 5) is 14.4. The Bertz CT molecular complexity index is 700. The zero-order chi connectivity index (χ0) is 16.5. The fraction of sp³-hybridized carbons (Fsp3) is 0.350. The minimum absolute atomic E-state index is 0.0358. The lowest BCUT2D eigenvalue weighted by Gasteiger charge is -2.20. The van der Waals surface area contributed by atoms with E-state index in [4.69, 9.17) is 0 Å². The molecule has 0 unspecified atom stereocenters. The standard InChI is InChI=1S/C20H22N2O2/c23-19-8-6-18(7-9-19)21-20(24)22-12-16-10-15(11-17(16)13-22)14-4-2-1-3-5-14/h1-9,15-17,23H,10-13H2,(H,21,24)/t15-,16-,17+. The molecule has 124 valence electrons. The van der Waals surface area contributed by atoms with Gasteiger partial charge < -0.3 is 15.3 Å². The highest BCUT2D eigenvalue weighted by Crippen LogP contribution is 2.46. The summed E-state index contributed by atoms with van der Waals surface area (Å²) in [6.07, 6.45) is 2.36. The van der Waals surface area contributed by atoms with E-state index in [1.165, 1.54) is 18.4 Å². The first-order chi connectivity index (χ1) is 11.7. The van der Waals surface area contributed by atoms with Crippen molar-refractivity contribution in [3.8, 4) is 5.75 Å². The molecule has 4 nitrogen and oxygen atoms in total. The zero-order valence-electron chi connectivity index (χ0n) is 13.6. The minimum Gasteiger partial charge on any atom is -0.508 e. The average molecular weight is 322 g/mol.